The molecular weight excluding hydrogens is 349 g/mol. The van der Waals surface area contributed by atoms with Gasteiger partial charge in [-0.2, -0.15) is 5.26 Å². The Hall–Kier alpha value is -2.23. The first kappa shape index (κ1) is 18.6. The SMILES string of the molecule is C[C@@H]1CCc2c(sc(NC(=O)C[NH+](C)Cc3ccccc3F)c2C#N)C1. The lowest BCUT2D eigenvalue weighted by atomic mass is 9.89. The number of benzene rings is 1. The smallest absolute Gasteiger partial charge is 0.280 e. The fourth-order valence-corrected chi connectivity index (χ4v) is 4.81. The maximum atomic E-state index is 13.7. The molecule has 3 rings (SSSR count). The molecule has 4 nitrogen and oxygen atoms in total. The second kappa shape index (κ2) is 7.98. The van der Waals surface area contributed by atoms with Gasteiger partial charge in [-0.3, -0.25) is 4.79 Å². The van der Waals surface area contributed by atoms with Crippen molar-refractivity contribution in [3.05, 3.63) is 51.7 Å². The number of nitrogens with one attached hydrogen (secondary N) is 2. The summed E-state index contributed by atoms with van der Waals surface area (Å²) in [6.07, 6.45) is 2.97. The van der Waals surface area contributed by atoms with Crippen LogP contribution in [0.25, 0.3) is 0 Å². The maximum absolute atomic E-state index is 13.7. The van der Waals surface area contributed by atoms with Crippen LogP contribution in [0, 0.1) is 23.1 Å². The number of carbonyl (C=O) groups excluding carboxylic acids is 1. The Labute approximate surface area is 157 Å². The van der Waals surface area contributed by atoms with Crippen LogP contribution in [0.15, 0.2) is 24.3 Å². The van der Waals surface area contributed by atoms with Gasteiger partial charge in [0.15, 0.2) is 6.54 Å². The Balaban J connectivity index is 1.65. The first-order chi connectivity index (χ1) is 12.5. The summed E-state index contributed by atoms with van der Waals surface area (Å²) in [5.74, 6) is 0.216. The van der Waals surface area contributed by atoms with Crippen molar-refractivity contribution in [3.63, 3.8) is 0 Å². The Morgan fingerprint density at radius 1 is 1.46 bits per heavy atom. The summed E-state index contributed by atoms with van der Waals surface area (Å²) in [6, 6.07) is 8.88. The average Bonchev–Trinajstić information content (AvgIpc) is 2.92. The summed E-state index contributed by atoms with van der Waals surface area (Å²) < 4.78 is 13.7. The number of nitriles is 1. The molecule has 26 heavy (non-hydrogen) atoms. The Bertz CT molecular complexity index is 855. The van der Waals surface area contributed by atoms with Gasteiger partial charge < -0.3 is 10.2 Å². The number of nitrogens with zero attached hydrogens (tertiary/aromatic N) is 1. The number of likely N-dealkylation sites (N-methyl/N-ethyl adjacent to an activating group) is 1. The highest BCUT2D eigenvalue weighted by molar-refractivity contribution is 7.16. The lowest BCUT2D eigenvalue weighted by Gasteiger charge is -2.17. The molecule has 0 spiro atoms. The molecule has 1 aromatic heterocycles. The lowest BCUT2D eigenvalue weighted by molar-refractivity contribution is -0.885. The van der Waals surface area contributed by atoms with Crippen molar-refractivity contribution in [1.29, 1.82) is 5.26 Å². The second-order valence-electron chi connectivity index (χ2n) is 7.12. The van der Waals surface area contributed by atoms with Crippen LogP contribution in [0.1, 0.15) is 34.9 Å². The molecule has 2 atom stereocenters. The quantitative estimate of drug-likeness (QED) is 0.847. The predicted octanol–water partition coefficient (Wildman–Crippen LogP) is 2.54. The Morgan fingerprint density at radius 2 is 2.23 bits per heavy atom. The van der Waals surface area contributed by atoms with Gasteiger partial charge in [0.1, 0.15) is 23.4 Å². The van der Waals surface area contributed by atoms with Crippen molar-refractivity contribution >= 4 is 22.2 Å². The molecule has 1 aliphatic carbocycles. The molecule has 0 saturated carbocycles. The summed E-state index contributed by atoms with van der Waals surface area (Å²) in [7, 11) is 1.86. The normalized spacial score (nSPS) is 17.2. The average molecular weight is 372 g/mol. The van der Waals surface area contributed by atoms with Crippen molar-refractivity contribution < 1.29 is 14.1 Å². The van der Waals surface area contributed by atoms with Crippen LogP contribution in [0.5, 0.6) is 0 Å². The minimum absolute atomic E-state index is 0.151. The number of anilines is 1. The number of quaternary nitrogens is 1. The minimum Gasteiger partial charge on any atom is -0.326 e. The van der Waals surface area contributed by atoms with E-state index in [9.17, 15) is 14.4 Å². The van der Waals surface area contributed by atoms with Gasteiger partial charge in [-0.15, -0.1) is 11.3 Å². The standard InChI is InChI=1S/C20H22FN3OS/c1-13-7-8-15-16(10-22)20(26-18(15)9-13)23-19(25)12-24(2)11-14-5-3-4-6-17(14)21/h3-6,13H,7-9,11-12H2,1-2H3,(H,23,25)/p+1/t13-/m1/s1. The van der Waals surface area contributed by atoms with Crippen molar-refractivity contribution in [1.82, 2.24) is 0 Å². The number of hydrogen-bond donors (Lipinski definition) is 2. The van der Waals surface area contributed by atoms with Crippen LogP contribution < -0.4 is 10.2 Å². The monoisotopic (exact) mass is 372 g/mol. The highest BCUT2D eigenvalue weighted by Crippen LogP contribution is 2.39. The molecular formula is C20H23FN3OS+. The number of thiophene rings is 1. The predicted molar refractivity (Wildman–Crippen MR) is 101 cm³/mol. The number of fused-ring (bicyclic) bond motifs is 1. The molecule has 6 heteroatoms. The highest BCUT2D eigenvalue weighted by Gasteiger charge is 2.25. The van der Waals surface area contributed by atoms with Crippen LogP contribution in [0.2, 0.25) is 0 Å². The number of halogens is 1. The van der Waals surface area contributed by atoms with Gasteiger partial charge in [0.2, 0.25) is 0 Å². The number of carbonyl (C=O) groups is 1. The molecule has 0 radical (unpaired) electrons. The fraction of sp³-hybridized carbons (Fsp3) is 0.400. The number of amides is 1. The molecule has 1 aliphatic rings. The van der Waals surface area contributed by atoms with Crippen molar-refractivity contribution in [3.8, 4) is 6.07 Å². The molecule has 0 fully saturated rings. The van der Waals surface area contributed by atoms with Gasteiger partial charge in [0, 0.05) is 10.4 Å². The molecule has 1 heterocycles. The molecule has 2 aromatic rings. The third-order valence-electron chi connectivity index (χ3n) is 4.79. The summed E-state index contributed by atoms with van der Waals surface area (Å²) in [5, 5.41) is 13.1. The third-order valence-corrected chi connectivity index (χ3v) is 5.96. The molecule has 136 valence electrons. The van der Waals surface area contributed by atoms with Crippen LogP contribution in [-0.2, 0) is 24.2 Å². The van der Waals surface area contributed by atoms with Crippen LogP contribution in [0.3, 0.4) is 0 Å². The summed E-state index contributed by atoms with van der Waals surface area (Å²) in [5.41, 5.74) is 2.33. The minimum atomic E-state index is -0.251. The zero-order chi connectivity index (χ0) is 18.7. The van der Waals surface area contributed by atoms with Gasteiger partial charge in [0.25, 0.3) is 5.91 Å². The molecule has 1 unspecified atom stereocenters. The van der Waals surface area contributed by atoms with E-state index in [1.165, 1.54) is 22.3 Å². The van der Waals surface area contributed by atoms with E-state index in [0.29, 0.717) is 28.6 Å². The van der Waals surface area contributed by atoms with E-state index in [4.69, 9.17) is 0 Å². The molecule has 0 aliphatic heterocycles. The van der Waals surface area contributed by atoms with E-state index >= 15 is 0 Å². The van der Waals surface area contributed by atoms with Gasteiger partial charge in [-0.05, 0) is 36.8 Å². The molecule has 0 saturated heterocycles. The first-order valence-corrected chi connectivity index (χ1v) is 9.68. The van der Waals surface area contributed by atoms with E-state index < -0.39 is 0 Å². The first-order valence-electron chi connectivity index (χ1n) is 8.87. The van der Waals surface area contributed by atoms with Gasteiger partial charge in [-0.25, -0.2) is 4.39 Å². The highest BCUT2D eigenvalue weighted by atomic mass is 32.1. The lowest BCUT2D eigenvalue weighted by Crippen LogP contribution is -3.08. The third kappa shape index (κ3) is 4.12. The zero-order valence-electron chi connectivity index (χ0n) is 15.1. The fourth-order valence-electron chi connectivity index (χ4n) is 3.43. The summed E-state index contributed by atoms with van der Waals surface area (Å²) >= 11 is 1.53. The van der Waals surface area contributed by atoms with Gasteiger partial charge in [0.05, 0.1) is 12.6 Å². The molecule has 2 N–H and O–H groups in total. The van der Waals surface area contributed by atoms with E-state index in [-0.39, 0.29) is 18.3 Å². The van der Waals surface area contributed by atoms with Crippen molar-refractivity contribution in [2.75, 3.05) is 18.9 Å². The van der Waals surface area contributed by atoms with E-state index in [1.807, 2.05) is 7.05 Å². The number of rotatable bonds is 5. The van der Waals surface area contributed by atoms with Crippen molar-refractivity contribution in [2.45, 2.75) is 32.7 Å². The number of hydrogen-bond acceptors (Lipinski definition) is 3. The van der Waals surface area contributed by atoms with Crippen LogP contribution in [-0.4, -0.2) is 19.5 Å². The topological polar surface area (TPSA) is 57.3 Å². The Morgan fingerprint density at radius 3 is 2.96 bits per heavy atom. The van der Waals surface area contributed by atoms with E-state index in [1.54, 1.807) is 18.2 Å². The van der Waals surface area contributed by atoms with E-state index in [0.717, 1.165) is 29.7 Å². The molecule has 1 aromatic carbocycles. The maximum Gasteiger partial charge on any atom is 0.280 e. The second-order valence-corrected chi connectivity index (χ2v) is 8.22. The summed E-state index contributed by atoms with van der Waals surface area (Å²) in [6.45, 7) is 2.87. The van der Waals surface area contributed by atoms with Gasteiger partial charge in [-0.1, -0.05) is 25.1 Å². The van der Waals surface area contributed by atoms with Gasteiger partial charge >= 0.3 is 0 Å². The molecule has 1 amide bonds. The van der Waals surface area contributed by atoms with Crippen molar-refractivity contribution in [2.24, 2.45) is 5.92 Å². The summed E-state index contributed by atoms with van der Waals surface area (Å²) in [4.78, 5) is 14.5. The zero-order valence-corrected chi connectivity index (χ0v) is 15.9. The van der Waals surface area contributed by atoms with Crippen LogP contribution in [0.4, 0.5) is 9.39 Å². The van der Waals surface area contributed by atoms with E-state index in [2.05, 4.69) is 18.3 Å². The molecule has 0 bridgehead atoms. The Kier molecular flexibility index (Phi) is 5.70. The largest absolute Gasteiger partial charge is 0.326 e. The van der Waals surface area contributed by atoms with Crippen LogP contribution >= 0.6 is 11.3 Å².